The quantitative estimate of drug-likeness (QED) is 0.418. The Morgan fingerprint density at radius 1 is 0.667 bits per heavy atom. The van der Waals surface area contributed by atoms with Crippen LogP contribution in [0.2, 0.25) is 0 Å². The first-order valence-electron chi connectivity index (χ1n) is 9.82. The lowest BCUT2D eigenvalue weighted by atomic mass is 9.84. The molecule has 0 aromatic heterocycles. The maximum atomic E-state index is 10.4. The van der Waals surface area contributed by atoms with Crippen molar-refractivity contribution in [3.05, 3.63) is 36.5 Å². The third-order valence-corrected chi connectivity index (χ3v) is 4.16. The van der Waals surface area contributed by atoms with E-state index in [0.29, 0.717) is 18.4 Å². The topological polar surface area (TPSA) is 112 Å². The molecule has 0 rings (SSSR count). The lowest BCUT2D eigenvalue weighted by molar-refractivity contribution is -0.134. The summed E-state index contributed by atoms with van der Waals surface area (Å²) in [5.74, 6) is -2.69. The Morgan fingerprint density at radius 2 is 1.00 bits per heavy atom. The molecule has 0 aliphatic carbocycles. The van der Waals surface area contributed by atoms with Crippen LogP contribution >= 0.6 is 0 Å². The fraction of sp³-hybridized carbons (Fsp3) is 0.625. The molecule has 0 atom stereocenters. The second-order valence-electron chi connectivity index (χ2n) is 10.3. The van der Waals surface area contributed by atoms with Gasteiger partial charge in [0.05, 0.1) is 0 Å². The summed E-state index contributed by atoms with van der Waals surface area (Å²) in [7, 11) is 0. The fourth-order valence-corrected chi connectivity index (χ4v) is 1.81. The number of hydrogen-bond acceptors (Lipinski definition) is 3. The molecule has 3 N–H and O–H groups in total. The zero-order valence-corrected chi connectivity index (χ0v) is 20.3. The van der Waals surface area contributed by atoms with Crippen molar-refractivity contribution in [1.29, 1.82) is 0 Å². The van der Waals surface area contributed by atoms with Crippen molar-refractivity contribution in [1.82, 2.24) is 0 Å². The summed E-state index contributed by atoms with van der Waals surface area (Å²) in [6.07, 6.45) is 2.08. The number of rotatable bonds is 7. The minimum Gasteiger partial charge on any atom is -0.478 e. The van der Waals surface area contributed by atoms with E-state index in [1.54, 1.807) is 0 Å². The maximum Gasteiger partial charge on any atom is 0.331 e. The van der Waals surface area contributed by atoms with E-state index in [9.17, 15) is 14.4 Å². The molecule has 0 unspecified atom stereocenters. The molecule has 0 fully saturated rings. The van der Waals surface area contributed by atoms with Crippen LogP contribution in [-0.2, 0) is 14.4 Å². The first-order chi connectivity index (χ1) is 13.1. The summed E-state index contributed by atoms with van der Waals surface area (Å²) in [5, 5.41) is 25.4. The Labute approximate surface area is 182 Å². The van der Waals surface area contributed by atoms with E-state index in [-0.39, 0.29) is 27.4 Å². The summed E-state index contributed by atoms with van der Waals surface area (Å²) in [6, 6.07) is 0. The van der Waals surface area contributed by atoms with Gasteiger partial charge in [-0.05, 0) is 29.1 Å². The summed E-state index contributed by atoms with van der Waals surface area (Å²) >= 11 is 0. The van der Waals surface area contributed by atoms with E-state index >= 15 is 0 Å². The highest BCUT2D eigenvalue weighted by Crippen LogP contribution is 2.27. The number of carbonyl (C=O) groups is 3. The van der Waals surface area contributed by atoms with Gasteiger partial charge in [0, 0.05) is 16.7 Å². The van der Waals surface area contributed by atoms with Crippen LogP contribution in [0.25, 0.3) is 0 Å². The van der Waals surface area contributed by atoms with E-state index in [4.69, 9.17) is 15.3 Å². The first kappa shape index (κ1) is 32.3. The number of hydrogen-bond donors (Lipinski definition) is 3. The van der Waals surface area contributed by atoms with Crippen molar-refractivity contribution in [3.63, 3.8) is 0 Å². The van der Waals surface area contributed by atoms with Gasteiger partial charge in [0.1, 0.15) is 0 Å². The minimum absolute atomic E-state index is 0.0233. The smallest absolute Gasteiger partial charge is 0.331 e. The van der Waals surface area contributed by atoms with E-state index < -0.39 is 17.9 Å². The van der Waals surface area contributed by atoms with E-state index in [2.05, 4.69) is 26.7 Å². The Hall–Kier alpha value is -2.37. The van der Waals surface area contributed by atoms with Crippen LogP contribution in [0, 0.1) is 16.2 Å². The standard InChI is InChI=1S/C9H16O2.C8H14O2.C7H12O2/c1-5-9(3,4)6-7(2)8(10)11;1-6(7(9)10)5-8(2,3)4;1-5(6(8)9)7(2,3)4/h2,5-6H2,1,3-4H3,(H,10,11);1,5H2,2-4H3,(H,9,10);1H2,2-4H3,(H,8,9). The van der Waals surface area contributed by atoms with Crippen LogP contribution < -0.4 is 0 Å². The molecule has 0 aliphatic heterocycles. The van der Waals surface area contributed by atoms with Crippen molar-refractivity contribution in [2.75, 3.05) is 0 Å². The molecule has 0 saturated carbocycles. The van der Waals surface area contributed by atoms with Gasteiger partial charge in [0.25, 0.3) is 0 Å². The van der Waals surface area contributed by atoms with E-state index in [0.717, 1.165) is 6.42 Å². The Morgan fingerprint density at radius 3 is 1.13 bits per heavy atom. The third kappa shape index (κ3) is 19.0. The van der Waals surface area contributed by atoms with Gasteiger partial charge in [-0.15, -0.1) is 0 Å². The van der Waals surface area contributed by atoms with Gasteiger partial charge in [-0.2, -0.15) is 0 Å². The molecule has 6 heteroatoms. The Balaban J connectivity index is -0.000000366. The molecule has 0 aromatic carbocycles. The molecule has 0 amide bonds. The molecule has 0 heterocycles. The molecule has 0 aromatic rings. The summed E-state index contributed by atoms with van der Waals surface area (Å²) < 4.78 is 0. The van der Waals surface area contributed by atoms with Gasteiger partial charge in [0.2, 0.25) is 0 Å². The second kappa shape index (κ2) is 13.0. The largest absolute Gasteiger partial charge is 0.478 e. The minimum atomic E-state index is -0.914. The highest BCUT2D eigenvalue weighted by molar-refractivity contribution is 5.87. The van der Waals surface area contributed by atoms with Crippen molar-refractivity contribution >= 4 is 17.9 Å². The molecule has 0 radical (unpaired) electrons. The van der Waals surface area contributed by atoms with E-state index in [1.165, 1.54) is 0 Å². The van der Waals surface area contributed by atoms with Crippen LogP contribution in [-0.4, -0.2) is 33.2 Å². The lowest BCUT2D eigenvalue weighted by Gasteiger charge is -2.21. The van der Waals surface area contributed by atoms with Gasteiger partial charge in [-0.1, -0.05) is 88.5 Å². The molecule has 0 saturated heterocycles. The predicted molar refractivity (Wildman–Crippen MR) is 123 cm³/mol. The van der Waals surface area contributed by atoms with Crippen LogP contribution in [0.1, 0.15) is 81.6 Å². The van der Waals surface area contributed by atoms with E-state index in [1.807, 2.05) is 55.4 Å². The van der Waals surface area contributed by atoms with Crippen molar-refractivity contribution in [2.24, 2.45) is 16.2 Å². The van der Waals surface area contributed by atoms with Gasteiger partial charge in [-0.3, -0.25) is 0 Å². The van der Waals surface area contributed by atoms with Crippen molar-refractivity contribution in [2.45, 2.75) is 81.6 Å². The molecule has 0 aliphatic rings. The van der Waals surface area contributed by atoms with Crippen LogP contribution in [0.5, 0.6) is 0 Å². The monoisotopic (exact) mass is 426 g/mol. The number of aliphatic carboxylic acids is 3. The first-order valence-corrected chi connectivity index (χ1v) is 9.82. The molecule has 6 nitrogen and oxygen atoms in total. The maximum absolute atomic E-state index is 10.4. The summed E-state index contributed by atoms with van der Waals surface area (Å²) in [4.78, 5) is 30.9. The molecular weight excluding hydrogens is 384 g/mol. The number of carboxylic acid groups (broad SMARTS) is 3. The van der Waals surface area contributed by atoms with Gasteiger partial charge < -0.3 is 15.3 Å². The summed E-state index contributed by atoms with van der Waals surface area (Å²) in [5.41, 5.74) is 0.614. The van der Waals surface area contributed by atoms with Crippen molar-refractivity contribution in [3.8, 4) is 0 Å². The van der Waals surface area contributed by atoms with Crippen LogP contribution in [0.4, 0.5) is 0 Å². The molecule has 174 valence electrons. The molecule has 0 spiro atoms. The highest BCUT2D eigenvalue weighted by atomic mass is 16.4. The van der Waals surface area contributed by atoms with Gasteiger partial charge in [-0.25, -0.2) is 14.4 Å². The lowest BCUT2D eigenvalue weighted by Crippen LogP contribution is -2.15. The fourth-order valence-electron chi connectivity index (χ4n) is 1.81. The molecular formula is C24H42O6. The zero-order valence-electron chi connectivity index (χ0n) is 20.3. The summed E-state index contributed by atoms with van der Waals surface area (Å²) in [6.45, 7) is 27.9. The zero-order chi connectivity index (χ0) is 25.1. The second-order valence-corrected chi connectivity index (χ2v) is 10.3. The normalized spacial score (nSPS) is 11.1. The average molecular weight is 427 g/mol. The number of carboxylic acids is 3. The SMILES string of the molecule is C=C(C(=O)O)C(C)(C)C.C=C(CC(C)(C)C)C(=O)O.C=C(CC(C)(C)CC)C(=O)O. The third-order valence-electron chi connectivity index (χ3n) is 4.16. The average Bonchev–Trinajstić information content (AvgIpc) is 2.52. The van der Waals surface area contributed by atoms with Gasteiger partial charge >= 0.3 is 17.9 Å². The Bertz CT molecular complexity index is 640. The molecule has 0 bridgehead atoms. The van der Waals surface area contributed by atoms with Crippen molar-refractivity contribution < 1.29 is 29.7 Å². The van der Waals surface area contributed by atoms with Crippen LogP contribution in [0.3, 0.4) is 0 Å². The Kier molecular flexibility index (Phi) is 14.0. The molecule has 30 heavy (non-hydrogen) atoms. The van der Waals surface area contributed by atoms with Gasteiger partial charge in [0.15, 0.2) is 0 Å². The highest BCUT2D eigenvalue weighted by Gasteiger charge is 2.20. The predicted octanol–water partition coefficient (Wildman–Crippen LogP) is 6.19. The van der Waals surface area contributed by atoms with Crippen LogP contribution in [0.15, 0.2) is 36.5 Å².